The molecule has 20 heavy (non-hydrogen) atoms. The molecule has 0 fully saturated rings. The molecule has 0 spiro atoms. The maximum atomic E-state index is 11.7. The first kappa shape index (κ1) is 15.0. The predicted molar refractivity (Wildman–Crippen MR) is 76.8 cm³/mol. The number of carbonyl (C=O) groups excluding carboxylic acids is 1. The van der Waals surface area contributed by atoms with E-state index in [2.05, 4.69) is 10.5 Å². The number of carbonyl (C=O) groups is 1. The van der Waals surface area contributed by atoms with Crippen LogP contribution in [0.3, 0.4) is 0 Å². The van der Waals surface area contributed by atoms with Gasteiger partial charge in [0.1, 0.15) is 5.76 Å². The van der Waals surface area contributed by atoms with Crippen LogP contribution in [-0.4, -0.2) is 17.7 Å². The van der Waals surface area contributed by atoms with Crippen molar-refractivity contribution < 1.29 is 14.1 Å². The second kappa shape index (κ2) is 6.35. The third kappa shape index (κ3) is 3.79. The number of nitrogens with zero attached hydrogens (tertiary/aromatic N) is 1. The van der Waals surface area contributed by atoms with Gasteiger partial charge in [-0.1, -0.05) is 40.0 Å². The normalized spacial score (nSPS) is 10.4. The van der Waals surface area contributed by atoms with E-state index in [1.54, 1.807) is 13.0 Å². The number of hydrogen-bond donors (Lipinski definition) is 1. The van der Waals surface area contributed by atoms with Crippen molar-refractivity contribution in [2.45, 2.75) is 6.92 Å². The molecule has 5 nitrogen and oxygen atoms in total. The van der Waals surface area contributed by atoms with Gasteiger partial charge in [-0.05, 0) is 19.1 Å². The number of ether oxygens (including phenoxy) is 1. The van der Waals surface area contributed by atoms with Crippen LogP contribution in [0.5, 0.6) is 5.75 Å². The summed E-state index contributed by atoms with van der Waals surface area (Å²) in [5.74, 6) is 0.680. The summed E-state index contributed by atoms with van der Waals surface area (Å²) < 4.78 is 10.1. The lowest BCUT2D eigenvalue weighted by atomic mass is 10.3. The summed E-state index contributed by atoms with van der Waals surface area (Å²) >= 11 is 17.6. The number of amides is 1. The van der Waals surface area contributed by atoms with E-state index >= 15 is 0 Å². The smallest absolute Gasteiger partial charge is 0.263 e. The second-order valence-electron chi connectivity index (χ2n) is 3.86. The van der Waals surface area contributed by atoms with Gasteiger partial charge in [-0.2, -0.15) is 0 Å². The number of nitrogens with one attached hydrogen (secondary N) is 1. The fourth-order valence-corrected chi connectivity index (χ4v) is 2.33. The molecule has 0 saturated heterocycles. The molecular formula is C12H9Cl3N2O3. The molecule has 106 valence electrons. The first-order valence-corrected chi connectivity index (χ1v) is 6.59. The van der Waals surface area contributed by atoms with Crippen LogP contribution in [0.2, 0.25) is 15.1 Å². The number of hydrogen-bond acceptors (Lipinski definition) is 4. The summed E-state index contributed by atoms with van der Waals surface area (Å²) in [7, 11) is 0. The minimum Gasteiger partial charge on any atom is -0.481 e. The number of aryl methyl sites for hydroxylation is 1. The highest BCUT2D eigenvalue weighted by Gasteiger charge is 2.12. The van der Waals surface area contributed by atoms with Crippen molar-refractivity contribution in [1.82, 2.24) is 5.16 Å². The zero-order valence-corrected chi connectivity index (χ0v) is 12.5. The van der Waals surface area contributed by atoms with E-state index in [1.807, 2.05) is 0 Å². The Morgan fingerprint density at radius 3 is 2.50 bits per heavy atom. The number of benzene rings is 1. The zero-order chi connectivity index (χ0) is 14.7. The zero-order valence-electron chi connectivity index (χ0n) is 10.2. The molecule has 0 unspecified atom stereocenters. The number of rotatable bonds is 4. The fourth-order valence-electron chi connectivity index (χ4n) is 1.41. The summed E-state index contributed by atoms with van der Waals surface area (Å²) in [6.45, 7) is 1.44. The summed E-state index contributed by atoms with van der Waals surface area (Å²) in [5, 5.41) is 6.97. The average molecular weight is 336 g/mol. The van der Waals surface area contributed by atoms with Crippen LogP contribution in [0.1, 0.15) is 5.76 Å². The highest BCUT2D eigenvalue weighted by Crippen LogP contribution is 2.35. The van der Waals surface area contributed by atoms with Crippen molar-refractivity contribution in [3.8, 4) is 5.75 Å². The van der Waals surface area contributed by atoms with E-state index < -0.39 is 5.91 Å². The molecule has 1 heterocycles. The SMILES string of the molecule is Cc1cc(NC(=O)COc2c(Cl)cc(Cl)cc2Cl)no1. The Hall–Kier alpha value is -1.43. The van der Waals surface area contributed by atoms with Crippen molar-refractivity contribution in [3.05, 3.63) is 39.0 Å². The van der Waals surface area contributed by atoms with Gasteiger partial charge in [0.15, 0.2) is 18.2 Å². The van der Waals surface area contributed by atoms with E-state index in [9.17, 15) is 4.79 Å². The van der Waals surface area contributed by atoms with Gasteiger partial charge in [0, 0.05) is 11.1 Å². The molecule has 0 aliphatic heterocycles. The van der Waals surface area contributed by atoms with Crippen LogP contribution in [0.25, 0.3) is 0 Å². The first-order chi connectivity index (χ1) is 9.45. The quantitative estimate of drug-likeness (QED) is 0.918. The molecule has 0 saturated carbocycles. The van der Waals surface area contributed by atoms with E-state index in [1.165, 1.54) is 12.1 Å². The number of halogens is 3. The van der Waals surface area contributed by atoms with E-state index in [-0.39, 0.29) is 22.4 Å². The topological polar surface area (TPSA) is 64.4 Å². The summed E-state index contributed by atoms with van der Waals surface area (Å²) in [6, 6.07) is 4.53. The van der Waals surface area contributed by atoms with Gasteiger partial charge < -0.3 is 14.6 Å². The third-order valence-electron chi connectivity index (χ3n) is 2.21. The predicted octanol–water partition coefficient (Wildman–Crippen LogP) is 3.96. The van der Waals surface area contributed by atoms with Gasteiger partial charge >= 0.3 is 0 Å². The van der Waals surface area contributed by atoms with Crippen LogP contribution in [0, 0.1) is 6.92 Å². The molecule has 0 aliphatic rings. The van der Waals surface area contributed by atoms with Gasteiger partial charge in [0.05, 0.1) is 10.0 Å². The fraction of sp³-hybridized carbons (Fsp3) is 0.167. The summed E-state index contributed by atoms with van der Waals surface area (Å²) in [6.07, 6.45) is 0. The van der Waals surface area contributed by atoms with E-state index in [4.69, 9.17) is 44.1 Å². The highest BCUT2D eigenvalue weighted by molar-refractivity contribution is 6.40. The Balaban J connectivity index is 1.97. The van der Waals surface area contributed by atoms with Gasteiger partial charge in [-0.25, -0.2) is 0 Å². The summed E-state index contributed by atoms with van der Waals surface area (Å²) in [4.78, 5) is 11.7. The Labute approximate surface area is 129 Å². The largest absolute Gasteiger partial charge is 0.481 e. The molecule has 0 bridgehead atoms. The molecule has 1 aromatic carbocycles. The maximum absolute atomic E-state index is 11.7. The molecule has 0 aliphatic carbocycles. The van der Waals surface area contributed by atoms with Crippen molar-refractivity contribution >= 4 is 46.5 Å². The highest BCUT2D eigenvalue weighted by atomic mass is 35.5. The molecule has 1 N–H and O–H groups in total. The van der Waals surface area contributed by atoms with E-state index in [0.717, 1.165) is 0 Å². The van der Waals surface area contributed by atoms with Crippen LogP contribution in [0.15, 0.2) is 22.7 Å². The van der Waals surface area contributed by atoms with Crippen LogP contribution < -0.4 is 10.1 Å². The van der Waals surface area contributed by atoms with Crippen molar-refractivity contribution in [3.63, 3.8) is 0 Å². The van der Waals surface area contributed by atoms with Crippen LogP contribution >= 0.6 is 34.8 Å². The number of anilines is 1. The van der Waals surface area contributed by atoms with Gasteiger partial charge in [-0.3, -0.25) is 4.79 Å². The Kier molecular flexibility index (Phi) is 4.75. The standard InChI is InChI=1S/C12H9Cl3N2O3/c1-6-2-10(17-20-6)16-11(18)5-19-12-8(14)3-7(13)4-9(12)15/h2-4H,5H2,1H3,(H,16,17,18). The molecule has 0 radical (unpaired) electrons. The monoisotopic (exact) mass is 334 g/mol. The van der Waals surface area contributed by atoms with Gasteiger partial charge in [0.2, 0.25) is 0 Å². The van der Waals surface area contributed by atoms with Crippen molar-refractivity contribution in [1.29, 1.82) is 0 Å². The molecule has 1 aromatic heterocycles. The molecule has 0 atom stereocenters. The Morgan fingerprint density at radius 1 is 1.30 bits per heavy atom. The molecule has 2 rings (SSSR count). The Morgan fingerprint density at radius 2 is 1.95 bits per heavy atom. The van der Waals surface area contributed by atoms with Gasteiger partial charge in [-0.15, -0.1) is 0 Å². The lowest BCUT2D eigenvalue weighted by Crippen LogP contribution is -2.20. The first-order valence-electron chi connectivity index (χ1n) is 5.46. The molecule has 2 aromatic rings. The second-order valence-corrected chi connectivity index (χ2v) is 5.11. The number of aromatic nitrogens is 1. The van der Waals surface area contributed by atoms with E-state index in [0.29, 0.717) is 16.6 Å². The lowest BCUT2D eigenvalue weighted by Gasteiger charge is -2.09. The Bertz CT molecular complexity index is 620. The lowest BCUT2D eigenvalue weighted by molar-refractivity contribution is -0.118. The maximum Gasteiger partial charge on any atom is 0.263 e. The van der Waals surface area contributed by atoms with Crippen molar-refractivity contribution in [2.24, 2.45) is 0 Å². The molecule has 8 heteroatoms. The third-order valence-corrected chi connectivity index (χ3v) is 2.99. The van der Waals surface area contributed by atoms with Crippen LogP contribution in [-0.2, 0) is 4.79 Å². The minimum absolute atomic E-state index is 0.198. The van der Waals surface area contributed by atoms with Crippen molar-refractivity contribution in [2.75, 3.05) is 11.9 Å². The minimum atomic E-state index is -0.416. The molecular weight excluding hydrogens is 327 g/mol. The average Bonchev–Trinajstić information content (AvgIpc) is 2.73. The van der Waals surface area contributed by atoms with Gasteiger partial charge in [0.25, 0.3) is 5.91 Å². The van der Waals surface area contributed by atoms with Crippen LogP contribution in [0.4, 0.5) is 5.82 Å². The summed E-state index contributed by atoms with van der Waals surface area (Å²) in [5.41, 5.74) is 0. The molecule has 1 amide bonds.